The van der Waals surface area contributed by atoms with Crippen LogP contribution in [0.3, 0.4) is 0 Å². The molecule has 124 valence electrons. The third kappa shape index (κ3) is 4.69. The van der Waals surface area contributed by atoms with E-state index in [4.69, 9.17) is 0 Å². The monoisotopic (exact) mass is 333 g/mol. The lowest BCUT2D eigenvalue weighted by atomic mass is 10.1. The first-order chi connectivity index (χ1) is 10.9. The molecule has 2 rings (SSSR count). The van der Waals surface area contributed by atoms with Gasteiger partial charge in [0.15, 0.2) is 0 Å². The lowest BCUT2D eigenvalue weighted by Gasteiger charge is -2.14. The molecule has 0 aliphatic heterocycles. The summed E-state index contributed by atoms with van der Waals surface area (Å²) < 4.78 is 26.0. The van der Waals surface area contributed by atoms with E-state index >= 15 is 0 Å². The van der Waals surface area contributed by atoms with Crippen LogP contribution in [0.25, 0.3) is 0 Å². The highest BCUT2D eigenvalue weighted by atomic mass is 32.2. The highest BCUT2D eigenvalue weighted by molar-refractivity contribution is 7.92. The van der Waals surface area contributed by atoms with Gasteiger partial charge in [0.2, 0.25) is 10.0 Å². The molecule has 0 aliphatic carbocycles. The van der Waals surface area contributed by atoms with E-state index in [9.17, 15) is 8.42 Å². The topological polar surface area (TPSA) is 71.1 Å². The van der Waals surface area contributed by atoms with Gasteiger partial charge in [-0.05, 0) is 43.0 Å². The minimum atomic E-state index is -3.31. The van der Waals surface area contributed by atoms with E-state index in [1.54, 1.807) is 12.3 Å². The van der Waals surface area contributed by atoms with Crippen LogP contribution in [0.5, 0.6) is 0 Å². The summed E-state index contributed by atoms with van der Waals surface area (Å²) in [6.45, 7) is 6.00. The number of aromatic nitrogens is 1. The third-order valence-electron chi connectivity index (χ3n) is 3.51. The molecular weight excluding hydrogens is 310 g/mol. The second-order valence-corrected chi connectivity index (χ2v) is 7.28. The Hall–Kier alpha value is -2.08. The standard InChI is InChI=1S/C17H23N3O2S/c1-4-11-23(21,22)20-16-10-9-15(12-18-16)19-17-13(3)7-6-8-14(17)5-2/h6-10,12,19H,4-5,11H2,1-3H3,(H,18,20). The van der Waals surface area contributed by atoms with E-state index in [-0.39, 0.29) is 5.75 Å². The maximum Gasteiger partial charge on any atom is 0.233 e. The Morgan fingerprint density at radius 3 is 2.52 bits per heavy atom. The van der Waals surface area contributed by atoms with Gasteiger partial charge in [-0.25, -0.2) is 13.4 Å². The molecule has 1 heterocycles. The predicted octanol–water partition coefficient (Wildman–Crippen LogP) is 3.85. The summed E-state index contributed by atoms with van der Waals surface area (Å²) in [5, 5.41) is 3.37. The molecule has 0 aliphatic rings. The van der Waals surface area contributed by atoms with Gasteiger partial charge in [-0.15, -0.1) is 0 Å². The van der Waals surface area contributed by atoms with Crippen molar-refractivity contribution in [2.24, 2.45) is 0 Å². The van der Waals surface area contributed by atoms with Crippen molar-refractivity contribution in [3.05, 3.63) is 47.7 Å². The molecule has 1 aromatic heterocycles. The molecule has 2 N–H and O–H groups in total. The SMILES string of the molecule is CCCS(=O)(=O)Nc1ccc(Nc2c(C)cccc2CC)cn1. The molecule has 0 radical (unpaired) electrons. The Kier molecular flexibility index (Phi) is 5.60. The highest BCUT2D eigenvalue weighted by Gasteiger charge is 2.10. The van der Waals surface area contributed by atoms with E-state index in [2.05, 4.69) is 41.0 Å². The normalized spacial score (nSPS) is 11.3. The molecule has 2 aromatic rings. The van der Waals surface area contributed by atoms with Crippen molar-refractivity contribution in [2.75, 3.05) is 15.8 Å². The Labute approximate surface area is 138 Å². The van der Waals surface area contributed by atoms with Crippen molar-refractivity contribution in [3.63, 3.8) is 0 Å². The predicted molar refractivity (Wildman–Crippen MR) is 95.8 cm³/mol. The van der Waals surface area contributed by atoms with E-state index in [1.165, 1.54) is 5.56 Å². The summed E-state index contributed by atoms with van der Waals surface area (Å²) in [7, 11) is -3.31. The quantitative estimate of drug-likeness (QED) is 0.807. The molecule has 23 heavy (non-hydrogen) atoms. The zero-order chi connectivity index (χ0) is 16.9. The van der Waals surface area contributed by atoms with Crippen molar-refractivity contribution in [2.45, 2.75) is 33.6 Å². The summed E-state index contributed by atoms with van der Waals surface area (Å²) in [5.41, 5.74) is 4.30. The number of sulfonamides is 1. The molecule has 0 unspecified atom stereocenters. The molecule has 5 nitrogen and oxygen atoms in total. The van der Waals surface area contributed by atoms with Gasteiger partial charge in [0.05, 0.1) is 17.6 Å². The molecule has 1 aromatic carbocycles. The summed E-state index contributed by atoms with van der Waals surface area (Å²) in [4.78, 5) is 4.17. The average molecular weight is 333 g/mol. The number of nitrogens with one attached hydrogen (secondary N) is 2. The van der Waals surface area contributed by atoms with E-state index in [0.717, 1.165) is 23.4 Å². The maximum atomic E-state index is 11.7. The molecule has 6 heteroatoms. The van der Waals surface area contributed by atoms with Crippen molar-refractivity contribution >= 4 is 27.2 Å². The van der Waals surface area contributed by atoms with Gasteiger partial charge in [0.1, 0.15) is 5.82 Å². The van der Waals surface area contributed by atoms with Gasteiger partial charge in [-0.3, -0.25) is 4.72 Å². The minimum Gasteiger partial charge on any atom is -0.354 e. The summed E-state index contributed by atoms with van der Waals surface area (Å²) in [5.74, 6) is 0.432. The summed E-state index contributed by atoms with van der Waals surface area (Å²) >= 11 is 0. The fourth-order valence-corrected chi connectivity index (χ4v) is 3.43. The van der Waals surface area contributed by atoms with E-state index in [0.29, 0.717) is 12.2 Å². The van der Waals surface area contributed by atoms with Gasteiger partial charge in [-0.2, -0.15) is 0 Å². The fraction of sp³-hybridized carbons (Fsp3) is 0.353. The number of nitrogens with zero attached hydrogens (tertiary/aromatic N) is 1. The number of pyridine rings is 1. The van der Waals surface area contributed by atoms with Crippen LogP contribution in [0.1, 0.15) is 31.4 Å². The number of para-hydroxylation sites is 1. The average Bonchev–Trinajstić information content (AvgIpc) is 2.50. The number of anilines is 3. The van der Waals surface area contributed by atoms with Crippen molar-refractivity contribution in [3.8, 4) is 0 Å². The highest BCUT2D eigenvalue weighted by Crippen LogP contribution is 2.25. The van der Waals surface area contributed by atoms with Crippen molar-refractivity contribution < 1.29 is 8.42 Å². The van der Waals surface area contributed by atoms with Crippen LogP contribution in [0, 0.1) is 6.92 Å². The first-order valence-electron chi connectivity index (χ1n) is 7.77. The van der Waals surface area contributed by atoms with Gasteiger partial charge >= 0.3 is 0 Å². The van der Waals surface area contributed by atoms with Crippen LogP contribution < -0.4 is 10.0 Å². The zero-order valence-corrected chi connectivity index (χ0v) is 14.6. The van der Waals surface area contributed by atoms with Crippen molar-refractivity contribution in [1.29, 1.82) is 0 Å². The Morgan fingerprint density at radius 1 is 1.13 bits per heavy atom. The number of hydrogen-bond acceptors (Lipinski definition) is 4. The second kappa shape index (κ2) is 7.46. The van der Waals surface area contributed by atoms with E-state index < -0.39 is 10.0 Å². The minimum absolute atomic E-state index is 0.0950. The van der Waals surface area contributed by atoms with Gasteiger partial charge in [0.25, 0.3) is 0 Å². The van der Waals surface area contributed by atoms with Crippen LogP contribution in [-0.4, -0.2) is 19.2 Å². The number of hydrogen-bond donors (Lipinski definition) is 2. The Bertz CT molecular complexity index is 756. The van der Waals surface area contributed by atoms with Crippen LogP contribution in [-0.2, 0) is 16.4 Å². The largest absolute Gasteiger partial charge is 0.354 e. The molecule has 0 saturated carbocycles. The molecule has 0 saturated heterocycles. The molecular formula is C17H23N3O2S. The third-order valence-corrected chi connectivity index (χ3v) is 4.97. The lowest BCUT2D eigenvalue weighted by Crippen LogP contribution is -2.16. The second-order valence-electron chi connectivity index (χ2n) is 5.44. The molecule has 0 fully saturated rings. The fourth-order valence-electron chi connectivity index (χ4n) is 2.35. The smallest absolute Gasteiger partial charge is 0.233 e. The number of rotatable bonds is 7. The van der Waals surface area contributed by atoms with Gasteiger partial charge in [-0.1, -0.05) is 32.0 Å². The van der Waals surface area contributed by atoms with E-state index in [1.807, 2.05) is 19.1 Å². The van der Waals surface area contributed by atoms with Crippen molar-refractivity contribution in [1.82, 2.24) is 4.98 Å². The van der Waals surface area contributed by atoms with Gasteiger partial charge < -0.3 is 5.32 Å². The lowest BCUT2D eigenvalue weighted by molar-refractivity contribution is 0.599. The zero-order valence-electron chi connectivity index (χ0n) is 13.8. The first-order valence-corrected chi connectivity index (χ1v) is 9.42. The van der Waals surface area contributed by atoms with Crippen LogP contribution >= 0.6 is 0 Å². The summed E-state index contributed by atoms with van der Waals surface area (Å²) in [6.07, 6.45) is 3.14. The number of benzene rings is 1. The molecule has 0 spiro atoms. The first kappa shape index (κ1) is 17.3. The molecule has 0 bridgehead atoms. The van der Waals surface area contributed by atoms with Crippen LogP contribution in [0.2, 0.25) is 0 Å². The molecule has 0 amide bonds. The Morgan fingerprint density at radius 2 is 1.91 bits per heavy atom. The van der Waals surface area contributed by atoms with Crippen LogP contribution in [0.15, 0.2) is 36.5 Å². The van der Waals surface area contributed by atoms with Gasteiger partial charge in [0, 0.05) is 5.69 Å². The maximum absolute atomic E-state index is 11.7. The molecule has 0 atom stereocenters. The van der Waals surface area contributed by atoms with Crippen LogP contribution in [0.4, 0.5) is 17.2 Å². The summed E-state index contributed by atoms with van der Waals surface area (Å²) in [6, 6.07) is 9.68. The number of aryl methyl sites for hydroxylation is 2. The Balaban J connectivity index is 2.15.